The molecule has 4 rings (SSSR count). The van der Waals surface area contributed by atoms with Crippen molar-refractivity contribution in [2.45, 2.75) is 65.2 Å². The minimum Gasteiger partial charge on any atom is -0.450 e. The van der Waals surface area contributed by atoms with Gasteiger partial charge >= 0.3 is 6.16 Å². The topological polar surface area (TPSA) is 80.7 Å². The molecule has 4 aliphatic carbocycles. The van der Waals surface area contributed by atoms with Crippen LogP contribution < -0.4 is 0 Å². The predicted molar refractivity (Wildman–Crippen MR) is 96.8 cm³/mol. The smallest absolute Gasteiger partial charge is 0.450 e. The molecule has 0 bridgehead atoms. The molecule has 0 unspecified atom stereocenters. The van der Waals surface area contributed by atoms with Crippen molar-refractivity contribution in [3.05, 3.63) is 11.6 Å². The van der Waals surface area contributed by atoms with E-state index in [9.17, 15) is 9.59 Å². The number of carbonyl (C=O) groups excluding carboxylic acids is 2. The third kappa shape index (κ3) is 2.89. The summed E-state index contributed by atoms with van der Waals surface area (Å²) in [5.41, 5.74) is 1.46. The van der Waals surface area contributed by atoms with Crippen LogP contribution >= 0.6 is 0 Å². The fourth-order valence-electron chi connectivity index (χ4n) is 6.21. The molecule has 0 aromatic rings. The fourth-order valence-corrected chi connectivity index (χ4v) is 6.21. The van der Waals surface area contributed by atoms with Gasteiger partial charge in [-0.3, -0.25) is 9.59 Å². The van der Waals surface area contributed by atoms with E-state index in [4.69, 9.17) is 9.90 Å². The number of ether oxygens (including phenoxy) is 1. The lowest BCUT2D eigenvalue weighted by molar-refractivity contribution is -0.139. The predicted octanol–water partition coefficient (Wildman–Crippen LogP) is 4.40. The summed E-state index contributed by atoms with van der Waals surface area (Å²) in [4.78, 5) is 34.3. The highest BCUT2D eigenvalue weighted by molar-refractivity contribution is 5.96. The van der Waals surface area contributed by atoms with Gasteiger partial charge in [0.2, 0.25) is 0 Å². The van der Waals surface area contributed by atoms with Gasteiger partial charge in [0.15, 0.2) is 5.78 Å². The number of Topliss-reactive ketones (excluding diaryl/α,β-unsaturated/α-hetero) is 1. The van der Waals surface area contributed by atoms with Crippen molar-refractivity contribution in [1.82, 2.24) is 0 Å². The molecule has 0 aromatic heterocycles. The highest BCUT2D eigenvalue weighted by atomic mass is 16.6. The number of rotatable bonds is 0. The van der Waals surface area contributed by atoms with Gasteiger partial charge in [0.25, 0.3) is 0 Å². The highest BCUT2D eigenvalue weighted by Crippen LogP contribution is 2.63. The van der Waals surface area contributed by atoms with E-state index in [-0.39, 0.29) is 16.7 Å². The normalized spacial score (nSPS) is 41.0. The molecular formula is C21H30O5. The largest absolute Gasteiger partial charge is 0.505 e. The number of ketones is 2. The molecule has 5 heteroatoms. The molecule has 5 nitrogen and oxygen atoms in total. The van der Waals surface area contributed by atoms with Crippen LogP contribution in [0.3, 0.4) is 0 Å². The molecule has 0 heterocycles. The number of fused-ring (bicyclic) bond motifs is 5. The fraction of sp³-hybridized carbons (Fsp3) is 0.762. The first kappa shape index (κ1) is 19.1. The maximum Gasteiger partial charge on any atom is 0.505 e. The number of hydrogen-bond donors (Lipinski definition) is 1. The molecule has 1 N–H and O–H groups in total. The summed E-state index contributed by atoms with van der Waals surface area (Å²) in [6, 6.07) is 0. The molecule has 3 fully saturated rings. The Balaban J connectivity index is 0.000000349. The van der Waals surface area contributed by atoms with Crippen LogP contribution in [-0.2, 0) is 14.3 Å². The molecule has 4 aliphatic rings. The average Bonchev–Trinajstić information content (AvgIpc) is 2.91. The summed E-state index contributed by atoms with van der Waals surface area (Å²) in [5.74, 6) is 1.70. The van der Waals surface area contributed by atoms with Crippen molar-refractivity contribution in [3.63, 3.8) is 0 Å². The van der Waals surface area contributed by atoms with E-state index in [0.29, 0.717) is 29.8 Å². The number of methoxy groups -OCH3 is 1. The zero-order valence-electron chi connectivity index (χ0n) is 16.0. The molecule has 5 atom stereocenters. The zero-order chi connectivity index (χ0) is 19.1. The Hall–Kier alpha value is -1.65. The Labute approximate surface area is 155 Å². The number of carbonyl (C=O) groups is 3. The van der Waals surface area contributed by atoms with E-state index < -0.39 is 6.16 Å². The molecule has 0 amide bonds. The second kappa shape index (κ2) is 6.82. The van der Waals surface area contributed by atoms with Crippen LogP contribution in [0.2, 0.25) is 0 Å². The Morgan fingerprint density at radius 1 is 1.08 bits per heavy atom. The van der Waals surface area contributed by atoms with Crippen molar-refractivity contribution < 1.29 is 24.2 Å². The molecule has 0 radical (unpaired) electrons. The third-order valence-corrected chi connectivity index (χ3v) is 7.74. The first-order valence-electron chi connectivity index (χ1n) is 9.79. The van der Waals surface area contributed by atoms with Crippen molar-refractivity contribution >= 4 is 17.7 Å². The summed E-state index contributed by atoms with van der Waals surface area (Å²) in [7, 11) is 1.10. The van der Waals surface area contributed by atoms with E-state index in [1.165, 1.54) is 24.8 Å². The molecule has 0 aromatic carbocycles. The van der Waals surface area contributed by atoms with Gasteiger partial charge in [-0.15, -0.1) is 0 Å². The van der Waals surface area contributed by atoms with Crippen LogP contribution in [-0.4, -0.2) is 29.9 Å². The molecule has 0 aliphatic heterocycles. The van der Waals surface area contributed by atoms with E-state index in [2.05, 4.69) is 18.6 Å². The number of allylic oxidation sites excluding steroid dienone is 2. The van der Waals surface area contributed by atoms with Crippen LogP contribution in [0.15, 0.2) is 11.6 Å². The van der Waals surface area contributed by atoms with Crippen LogP contribution in [0.25, 0.3) is 0 Å². The first-order valence-corrected chi connectivity index (χ1v) is 9.79. The van der Waals surface area contributed by atoms with Gasteiger partial charge in [-0.05, 0) is 61.9 Å². The molecule has 3 saturated carbocycles. The van der Waals surface area contributed by atoms with Gasteiger partial charge < -0.3 is 9.84 Å². The average molecular weight is 362 g/mol. The van der Waals surface area contributed by atoms with Gasteiger partial charge in [0, 0.05) is 17.8 Å². The summed E-state index contributed by atoms with van der Waals surface area (Å²) in [6.07, 6.45) is 9.37. The number of carboxylic acid groups (broad SMARTS) is 1. The van der Waals surface area contributed by atoms with Gasteiger partial charge in [-0.25, -0.2) is 4.79 Å². The van der Waals surface area contributed by atoms with Crippen molar-refractivity contribution in [3.8, 4) is 0 Å². The Morgan fingerprint density at radius 3 is 2.38 bits per heavy atom. The third-order valence-electron chi connectivity index (χ3n) is 7.74. The molecule has 0 spiro atoms. The van der Waals surface area contributed by atoms with E-state index in [1.807, 2.05) is 6.08 Å². The van der Waals surface area contributed by atoms with E-state index >= 15 is 0 Å². The van der Waals surface area contributed by atoms with E-state index in [1.54, 1.807) is 0 Å². The summed E-state index contributed by atoms with van der Waals surface area (Å²) in [6.45, 7) is 4.54. The molecule has 0 saturated heterocycles. The maximum atomic E-state index is 12.8. The monoisotopic (exact) mass is 362 g/mol. The van der Waals surface area contributed by atoms with Crippen LogP contribution in [0.4, 0.5) is 4.79 Å². The Morgan fingerprint density at radius 2 is 1.73 bits per heavy atom. The molecule has 26 heavy (non-hydrogen) atoms. The Kier molecular flexibility index (Phi) is 5.02. The minimum atomic E-state index is -1.25. The quantitative estimate of drug-likeness (QED) is 0.646. The van der Waals surface area contributed by atoms with Crippen LogP contribution in [0, 0.1) is 28.6 Å². The first-order chi connectivity index (χ1) is 12.2. The summed E-state index contributed by atoms with van der Waals surface area (Å²) >= 11 is 0. The lowest BCUT2D eigenvalue weighted by Crippen LogP contribution is -2.52. The van der Waals surface area contributed by atoms with Gasteiger partial charge in [0.1, 0.15) is 5.78 Å². The van der Waals surface area contributed by atoms with Gasteiger partial charge in [-0.2, -0.15) is 0 Å². The Bertz CT molecular complexity index is 651. The second-order valence-corrected chi connectivity index (χ2v) is 8.82. The summed E-state index contributed by atoms with van der Waals surface area (Å²) < 4.78 is 3.67. The SMILES string of the molecule is COC(=O)O.C[C@]12CCCCC1=CC(=O)[C@@H]1[C@@H]2CC[C@]2(C)C(=O)CC[C@@H]12. The van der Waals surface area contributed by atoms with Crippen LogP contribution in [0.5, 0.6) is 0 Å². The second-order valence-electron chi connectivity index (χ2n) is 8.82. The van der Waals surface area contributed by atoms with Crippen LogP contribution in [0.1, 0.15) is 65.2 Å². The van der Waals surface area contributed by atoms with E-state index in [0.717, 1.165) is 32.8 Å². The summed E-state index contributed by atoms with van der Waals surface area (Å²) in [5, 5.41) is 7.50. The highest BCUT2D eigenvalue weighted by Gasteiger charge is 2.60. The van der Waals surface area contributed by atoms with Crippen molar-refractivity contribution in [2.24, 2.45) is 28.6 Å². The number of hydrogen-bond acceptors (Lipinski definition) is 4. The van der Waals surface area contributed by atoms with Gasteiger partial charge in [-0.1, -0.05) is 25.8 Å². The molecular weight excluding hydrogens is 332 g/mol. The lowest BCUT2D eigenvalue weighted by Gasteiger charge is -2.55. The van der Waals surface area contributed by atoms with Crippen molar-refractivity contribution in [1.29, 1.82) is 0 Å². The lowest BCUT2D eigenvalue weighted by atomic mass is 9.48. The maximum absolute atomic E-state index is 12.8. The van der Waals surface area contributed by atoms with Crippen molar-refractivity contribution in [2.75, 3.05) is 7.11 Å². The van der Waals surface area contributed by atoms with Gasteiger partial charge in [0.05, 0.1) is 7.11 Å². The standard InChI is InChI=1S/C19H26O2.C2H4O3/c1-18-9-4-3-5-12(18)11-15(20)17-13-6-7-16(21)19(13,2)10-8-14(17)18;1-5-2(3)4/h11,13-14,17H,3-10H2,1-2H3;1H3,(H,3,4)/t13-,14-,17-,18-,19-;/m0./s1. The molecule has 144 valence electrons. The minimum absolute atomic E-state index is 0.127. The zero-order valence-corrected chi connectivity index (χ0v) is 16.0.